The van der Waals surface area contributed by atoms with Crippen LogP contribution in [0.2, 0.25) is 5.02 Å². The second-order valence-electron chi connectivity index (χ2n) is 5.67. The van der Waals surface area contributed by atoms with Crippen LogP contribution in [0.1, 0.15) is 0 Å². The Morgan fingerprint density at radius 3 is 2.44 bits per heavy atom. The van der Waals surface area contributed by atoms with E-state index in [-0.39, 0.29) is 9.92 Å². The van der Waals surface area contributed by atoms with E-state index in [2.05, 4.69) is 4.90 Å². The molecule has 0 atom stereocenters. The van der Waals surface area contributed by atoms with Crippen molar-refractivity contribution in [1.29, 1.82) is 0 Å². The van der Waals surface area contributed by atoms with E-state index in [0.717, 1.165) is 23.6 Å². The first-order chi connectivity index (χ1) is 11.9. The van der Waals surface area contributed by atoms with Crippen molar-refractivity contribution in [3.63, 3.8) is 0 Å². The van der Waals surface area contributed by atoms with Crippen LogP contribution in [-0.4, -0.2) is 46.0 Å². The lowest BCUT2D eigenvalue weighted by Gasteiger charge is -2.35. The van der Waals surface area contributed by atoms with Crippen molar-refractivity contribution >= 4 is 27.3 Å². The summed E-state index contributed by atoms with van der Waals surface area (Å²) in [6.45, 7) is 1.75. The molecule has 1 aliphatic heterocycles. The lowest BCUT2D eigenvalue weighted by molar-refractivity contribution is 0.384. The highest BCUT2D eigenvalue weighted by Gasteiger charge is 2.30. The number of anilines is 1. The zero-order valence-electron chi connectivity index (χ0n) is 13.7. The molecule has 3 rings (SSSR count). The molecule has 0 aliphatic carbocycles. The zero-order valence-corrected chi connectivity index (χ0v) is 15.2. The molecule has 25 heavy (non-hydrogen) atoms. The molecule has 2 aromatic carbocycles. The topological polar surface area (TPSA) is 49.9 Å². The van der Waals surface area contributed by atoms with Crippen molar-refractivity contribution in [2.75, 3.05) is 38.2 Å². The quantitative estimate of drug-likeness (QED) is 0.813. The van der Waals surface area contributed by atoms with Gasteiger partial charge in [0.2, 0.25) is 10.0 Å². The van der Waals surface area contributed by atoms with E-state index >= 15 is 0 Å². The molecule has 0 spiro atoms. The molecule has 1 aliphatic rings. The first-order valence-corrected chi connectivity index (χ1v) is 9.58. The number of hydrogen-bond donors (Lipinski definition) is 0. The van der Waals surface area contributed by atoms with Gasteiger partial charge in [-0.1, -0.05) is 17.7 Å². The standard InChI is InChI=1S/C17H18ClFN2O3S/c1-24-15-4-2-3-14(12-15)20-7-9-21(10-8-20)25(22,23)17-6-5-13(19)11-16(17)18/h2-6,11-12H,7-10H2,1H3. The third-order valence-electron chi connectivity index (χ3n) is 4.17. The Hall–Kier alpha value is -1.83. The van der Waals surface area contributed by atoms with Gasteiger partial charge in [0.05, 0.1) is 12.1 Å². The third-order valence-corrected chi connectivity index (χ3v) is 6.55. The number of nitrogens with zero attached hydrogens (tertiary/aromatic N) is 2. The van der Waals surface area contributed by atoms with Crippen molar-refractivity contribution in [2.45, 2.75) is 4.90 Å². The molecule has 0 N–H and O–H groups in total. The van der Waals surface area contributed by atoms with E-state index in [1.165, 1.54) is 10.4 Å². The van der Waals surface area contributed by atoms with Crippen LogP contribution in [0.4, 0.5) is 10.1 Å². The predicted octanol–water partition coefficient (Wildman–Crippen LogP) is 3.00. The van der Waals surface area contributed by atoms with E-state index in [0.29, 0.717) is 26.2 Å². The molecule has 1 heterocycles. The minimum atomic E-state index is -3.74. The maximum atomic E-state index is 13.2. The number of rotatable bonds is 4. The molecule has 134 valence electrons. The molecular weight excluding hydrogens is 367 g/mol. The van der Waals surface area contributed by atoms with Crippen LogP contribution >= 0.6 is 11.6 Å². The Morgan fingerprint density at radius 2 is 1.80 bits per heavy atom. The van der Waals surface area contributed by atoms with Gasteiger partial charge in [-0.2, -0.15) is 4.31 Å². The lowest BCUT2D eigenvalue weighted by Crippen LogP contribution is -2.48. The summed E-state index contributed by atoms with van der Waals surface area (Å²) in [5, 5.41) is -0.102. The van der Waals surface area contributed by atoms with Crippen LogP contribution in [0, 0.1) is 5.82 Å². The Labute approximate surface area is 151 Å². The summed E-state index contributed by atoms with van der Waals surface area (Å²) in [5.74, 6) is 0.192. The number of benzene rings is 2. The monoisotopic (exact) mass is 384 g/mol. The van der Waals surface area contributed by atoms with Gasteiger partial charge in [0.25, 0.3) is 0 Å². The number of methoxy groups -OCH3 is 1. The van der Waals surface area contributed by atoms with Gasteiger partial charge in [0.1, 0.15) is 16.5 Å². The van der Waals surface area contributed by atoms with Gasteiger partial charge < -0.3 is 9.64 Å². The van der Waals surface area contributed by atoms with Crippen molar-refractivity contribution in [3.8, 4) is 5.75 Å². The molecule has 0 amide bonds. The summed E-state index contributed by atoms with van der Waals surface area (Å²) in [6, 6.07) is 11.0. The van der Waals surface area contributed by atoms with E-state index < -0.39 is 15.8 Å². The van der Waals surface area contributed by atoms with Gasteiger partial charge in [-0.25, -0.2) is 12.8 Å². The SMILES string of the molecule is COc1cccc(N2CCN(S(=O)(=O)c3ccc(F)cc3Cl)CC2)c1. The van der Waals surface area contributed by atoms with Crippen molar-refractivity contribution in [2.24, 2.45) is 0 Å². The smallest absolute Gasteiger partial charge is 0.244 e. The molecule has 1 fully saturated rings. The van der Waals surface area contributed by atoms with Crippen molar-refractivity contribution in [1.82, 2.24) is 4.31 Å². The fourth-order valence-electron chi connectivity index (χ4n) is 2.82. The number of hydrogen-bond acceptors (Lipinski definition) is 4. The Bertz CT molecular complexity index is 868. The molecular formula is C17H18ClFN2O3S. The van der Waals surface area contributed by atoms with E-state index in [9.17, 15) is 12.8 Å². The molecule has 8 heteroatoms. The second kappa shape index (κ2) is 7.19. The van der Waals surface area contributed by atoms with Crippen molar-refractivity contribution in [3.05, 3.63) is 53.3 Å². The molecule has 5 nitrogen and oxygen atoms in total. The van der Waals surface area contributed by atoms with E-state index in [4.69, 9.17) is 16.3 Å². The predicted molar refractivity (Wildman–Crippen MR) is 95.4 cm³/mol. The van der Waals surface area contributed by atoms with E-state index in [1.807, 2.05) is 24.3 Å². The highest BCUT2D eigenvalue weighted by atomic mass is 35.5. The Morgan fingerprint density at radius 1 is 1.08 bits per heavy atom. The first kappa shape index (κ1) is 18.0. The summed E-state index contributed by atoms with van der Waals surface area (Å²) in [4.78, 5) is 2.03. The molecule has 0 bridgehead atoms. The van der Waals surface area contributed by atoms with Crippen LogP contribution in [-0.2, 0) is 10.0 Å². The average Bonchev–Trinajstić information content (AvgIpc) is 2.61. The molecule has 0 aromatic heterocycles. The third kappa shape index (κ3) is 3.73. The van der Waals surface area contributed by atoms with Gasteiger partial charge in [-0.15, -0.1) is 0 Å². The highest BCUT2D eigenvalue weighted by molar-refractivity contribution is 7.89. The van der Waals surface area contributed by atoms with Crippen LogP contribution in [0.15, 0.2) is 47.4 Å². The first-order valence-electron chi connectivity index (χ1n) is 7.76. The average molecular weight is 385 g/mol. The maximum absolute atomic E-state index is 13.2. The van der Waals surface area contributed by atoms with Gasteiger partial charge in [-0.3, -0.25) is 0 Å². The largest absolute Gasteiger partial charge is 0.497 e. The number of halogens is 2. The number of ether oxygens (including phenoxy) is 1. The van der Waals surface area contributed by atoms with Crippen LogP contribution < -0.4 is 9.64 Å². The zero-order chi connectivity index (χ0) is 18.0. The highest BCUT2D eigenvalue weighted by Crippen LogP contribution is 2.28. The van der Waals surface area contributed by atoms with Gasteiger partial charge in [-0.05, 0) is 30.3 Å². The maximum Gasteiger partial charge on any atom is 0.244 e. The Kier molecular flexibility index (Phi) is 5.17. The van der Waals surface area contributed by atoms with Gasteiger partial charge >= 0.3 is 0 Å². The lowest BCUT2D eigenvalue weighted by atomic mass is 10.2. The minimum absolute atomic E-state index is 0.0644. The van der Waals surface area contributed by atoms with Crippen LogP contribution in [0.3, 0.4) is 0 Å². The van der Waals surface area contributed by atoms with Gasteiger partial charge in [0, 0.05) is 37.9 Å². The summed E-state index contributed by atoms with van der Waals surface area (Å²) < 4.78 is 45.3. The summed E-state index contributed by atoms with van der Waals surface area (Å²) in [6.07, 6.45) is 0. The molecule has 0 unspecified atom stereocenters. The van der Waals surface area contributed by atoms with Crippen LogP contribution in [0.5, 0.6) is 5.75 Å². The van der Waals surface area contributed by atoms with Crippen LogP contribution in [0.25, 0.3) is 0 Å². The van der Waals surface area contributed by atoms with Crippen molar-refractivity contribution < 1.29 is 17.5 Å². The summed E-state index contributed by atoms with van der Waals surface area (Å²) >= 11 is 5.92. The molecule has 0 saturated carbocycles. The fraction of sp³-hybridized carbons (Fsp3) is 0.294. The number of sulfonamides is 1. The summed E-state index contributed by atoms with van der Waals surface area (Å²) in [5.41, 5.74) is 0.983. The summed E-state index contributed by atoms with van der Waals surface area (Å²) in [7, 11) is -2.14. The minimum Gasteiger partial charge on any atom is -0.497 e. The normalized spacial score (nSPS) is 16.0. The van der Waals surface area contributed by atoms with Gasteiger partial charge in [0.15, 0.2) is 0 Å². The molecule has 2 aromatic rings. The Balaban J connectivity index is 1.75. The number of piperazine rings is 1. The molecule has 0 radical (unpaired) electrons. The second-order valence-corrected chi connectivity index (χ2v) is 7.98. The van der Waals surface area contributed by atoms with E-state index in [1.54, 1.807) is 7.11 Å². The fourth-order valence-corrected chi connectivity index (χ4v) is 4.74. The molecule has 1 saturated heterocycles.